The smallest absolute Gasteiger partial charge is 0.261 e. The highest BCUT2D eigenvalue weighted by atomic mass is 35.5. The first kappa shape index (κ1) is 18.1. The Morgan fingerprint density at radius 1 is 1.17 bits per heavy atom. The molecular formula is C19H22ClNO3. The lowest BCUT2D eigenvalue weighted by Crippen LogP contribution is -2.39. The molecule has 1 amide bonds. The van der Waals surface area contributed by atoms with Crippen molar-refractivity contribution in [3.05, 3.63) is 59.1 Å². The third-order valence-electron chi connectivity index (χ3n) is 3.51. The van der Waals surface area contributed by atoms with Crippen LogP contribution in [0.4, 0.5) is 0 Å². The minimum Gasteiger partial charge on any atom is -0.491 e. The molecular weight excluding hydrogens is 326 g/mol. The van der Waals surface area contributed by atoms with Crippen LogP contribution in [0.25, 0.3) is 0 Å². The average Bonchev–Trinajstić information content (AvgIpc) is 2.59. The van der Waals surface area contributed by atoms with Crippen LogP contribution in [0.3, 0.4) is 0 Å². The molecule has 1 atom stereocenters. The number of amides is 1. The van der Waals surface area contributed by atoms with E-state index in [1.54, 1.807) is 24.3 Å². The Morgan fingerprint density at radius 3 is 2.54 bits per heavy atom. The molecule has 0 unspecified atom stereocenters. The molecule has 0 aliphatic heterocycles. The summed E-state index contributed by atoms with van der Waals surface area (Å²) in [5.41, 5.74) is 1.07. The van der Waals surface area contributed by atoms with Crippen molar-refractivity contribution in [1.82, 2.24) is 5.32 Å². The fourth-order valence-electron chi connectivity index (χ4n) is 2.17. The van der Waals surface area contributed by atoms with Gasteiger partial charge in [0.1, 0.15) is 18.1 Å². The Bertz CT molecular complexity index is 658. The Morgan fingerprint density at radius 2 is 1.88 bits per heavy atom. The zero-order valence-corrected chi connectivity index (χ0v) is 14.7. The monoisotopic (exact) mass is 347 g/mol. The van der Waals surface area contributed by atoms with Crippen LogP contribution in [0.1, 0.15) is 18.9 Å². The molecule has 0 bridgehead atoms. The molecule has 0 fully saturated rings. The largest absolute Gasteiger partial charge is 0.491 e. The highest BCUT2D eigenvalue weighted by molar-refractivity contribution is 6.30. The van der Waals surface area contributed by atoms with E-state index in [0.717, 1.165) is 11.3 Å². The van der Waals surface area contributed by atoms with Gasteiger partial charge in [0, 0.05) is 5.02 Å². The summed E-state index contributed by atoms with van der Waals surface area (Å²) in [6, 6.07) is 14.8. The summed E-state index contributed by atoms with van der Waals surface area (Å²) < 4.78 is 11.4. The number of rotatable bonds is 8. The minimum absolute atomic E-state index is 0.152. The van der Waals surface area contributed by atoms with Crippen molar-refractivity contribution in [2.24, 2.45) is 0 Å². The second-order valence-corrected chi connectivity index (χ2v) is 5.81. The molecule has 0 spiro atoms. The standard InChI is InChI=1S/C19H22ClNO3/c1-3-17(24-16-10-8-15(20)9-11-16)19(22)21-12-13-23-18-7-5-4-6-14(18)2/h4-11,17H,3,12-13H2,1-2H3,(H,21,22)/t17-/m0/s1. The van der Waals surface area contributed by atoms with Crippen molar-refractivity contribution in [3.8, 4) is 11.5 Å². The second-order valence-electron chi connectivity index (χ2n) is 5.37. The van der Waals surface area contributed by atoms with Crippen LogP contribution in [-0.4, -0.2) is 25.2 Å². The second kappa shape index (κ2) is 9.18. The third kappa shape index (κ3) is 5.46. The topological polar surface area (TPSA) is 47.6 Å². The van der Waals surface area contributed by atoms with E-state index < -0.39 is 6.10 Å². The van der Waals surface area contributed by atoms with Crippen LogP contribution in [0.5, 0.6) is 11.5 Å². The zero-order valence-electron chi connectivity index (χ0n) is 13.9. The number of benzene rings is 2. The molecule has 2 rings (SSSR count). The number of carbonyl (C=O) groups is 1. The molecule has 0 heterocycles. The molecule has 0 aromatic heterocycles. The average molecular weight is 348 g/mol. The number of carbonyl (C=O) groups excluding carboxylic acids is 1. The van der Waals surface area contributed by atoms with E-state index in [1.807, 2.05) is 38.1 Å². The van der Waals surface area contributed by atoms with E-state index in [4.69, 9.17) is 21.1 Å². The van der Waals surface area contributed by atoms with E-state index >= 15 is 0 Å². The summed E-state index contributed by atoms with van der Waals surface area (Å²) in [5, 5.41) is 3.47. The first-order valence-electron chi connectivity index (χ1n) is 7.98. The summed E-state index contributed by atoms with van der Waals surface area (Å²) in [6.07, 6.45) is 0.0391. The first-order valence-corrected chi connectivity index (χ1v) is 8.36. The third-order valence-corrected chi connectivity index (χ3v) is 3.76. The van der Waals surface area contributed by atoms with Gasteiger partial charge in [-0.05, 0) is 49.2 Å². The number of hydrogen-bond donors (Lipinski definition) is 1. The lowest BCUT2D eigenvalue weighted by atomic mass is 10.2. The van der Waals surface area contributed by atoms with Gasteiger partial charge in [0.05, 0.1) is 6.54 Å². The number of nitrogens with one attached hydrogen (secondary N) is 1. The molecule has 2 aromatic carbocycles. The van der Waals surface area contributed by atoms with E-state index in [0.29, 0.717) is 30.3 Å². The van der Waals surface area contributed by atoms with Gasteiger partial charge >= 0.3 is 0 Å². The fraction of sp³-hybridized carbons (Fsp3) is 0.316. The van der Waals surface area contributed by atoms with Crippen LogP contribution >= 0.6 is 11.6 Å². The number of hydrogen-bond acceptors (Lipinski definition) is 3. The highest BCUT2D eigenvalue weighted by Crippen LogP contribution is 2.18. The predicted molar refractivity (Wildman–Crippen MR) is 95.8 cm³/mol. The molecule has 2 aromatic rings. The SMILES string of the molecule is CC[C@H](Oc1ccc(Cl)cc1)C(=O)NCCOc1ccccc1C. The van der Waals surface area contributed by atoms with Gasteiger partial charge in [-0.1, -0.05) is 36.7 Å². The van der Waals surface area contributed by atoms with Gasteiger partial charge in [-0.15, -0.1) is 0 Å². The number of aryl methyl sites for hydroxylation is 1. The summed E-state index contributed by atoms with van der Waals surface area (Å²) in [5.74, 6) is 1.30. The lowest BCUT2D eigenvalue weighted by molar-refractivity contribution is -0.128. The van der Waals surface area contributed by atoms with Crippen molar-refractivity contribution in [2.45, 2.75) is 26.4 Å². The molecule has 4 nitrogen and oxygen atoms in total. The number of halogens is 1. The van der Waals surface area contributed by atoms with Crippen molar-refractivity contribution < 1.29 is 14.3 Å². The van der Waals surface area contributed by atoms with Crippen LogP contribution in [0.15, 0.2) is 48.5 Å². The quantitative estimate of drug-likeness (QED) is 0.734. The number of para-hydroxylation sites is 1. The summed E-state index contributed by atoms with van der Waals surface area (Å²) in [4.78, 5) is 12.2. The Labute approximate surface area is 147 Å². The summed E-state index contributed by atoms with van der Waals surface area (Å²) >= 11 is 5.84. The molecule has 24 heavy (non-hydrogen) atoms. The van der Waals surface area contributed by atoms with Gasteiger partial charge in [-0.25, -0.2) is 0 Å². The van der Waals surface area contributed by atoms with Crippen molar-refractivity contribution >= 4 is 17.5 Å². The van der Waals surface area contributed by atoms with Crippen molar-refractivity contribution in [1.29, 1.82) is 0 Å². The van der Waals surface area contributed by atoms with Gasteiger partial charge in [0.2, 0.25) is 0 Å². The Hall–Kier alpha value is -2.20. The van der Waals surface area contributed by atoms with E-state index in [2.05, 4.69) is 5.32 Å². The van der Waals surface area contributed by atoms with Crippen LogP contribution in [0.2, 0.25) is 5.02 Å². The van der Waals surface area contributed by atoms with Gasteiger partial charge in [-0.2, -0.15) is 0 Å². The van der Waals surface area contributed by atoms with Crippen LogP contribution in [0, 0.1) is 6.92 Å². The molecule has 0 saturated heterocycles. The van der Waals surface area contributed by atoms with Crippen molar-refractivity contribution in [2.75, 3.05) is 13.2 Å². The summed E-state index contributed by atoms with van der Waals surface area (Å²) in [7, 11) is 0. The van der Waals surface area contributed by atoms with Gasteiger partial charge < -0.3 is 14.8 Å². The minimum atomic E-state index is -0.537. The molecule has 0 aliphatic carbocycles. The number of ether oxygens (including phenoxy) is 2. The van der Waals surface area contributed by atoms with Crippen LogP contribution < -0.4 is 14.8 Å². The van der Waals surface area contributed by atoms with Gasteiger partial charge in [-0.3, -0.25) is 4.79 Å². The molecule has 0 radical (unpaired) electrons. The summed E-state index contributed by atoms with van der Waals surface area (Å²) in [6.45, 7) is 4.73. The first-order chi connectivity index (χ1) is 11.6. The molecule has 5 heteroatoms. The maximum Gasteiger partial charge on any atom is 0.261 e. The molecule has 128 valence electrons. The predicted octanol–water partition coefficient (Wildman–Crippen LogP) is 4.00. The van der Waals surface area contributed by atoms with E-state index in [-0.39, 0.29) is 5.91 Å². The van der Waals surface area contributed by atoms with E-state index in [1.165, 1.54) is 0 Å². The molecule has 0 saturated carbocycles. The zero-order chi connectivity index (χ0) is 17.4. The maximum atomic E-state index is 12.2. The highest BCUT2D eigenvalue weighted by Gasteiger charge is 2.17. The Balaban J connectivity index is 1.77. The lowest BCUT2D eigenvalue weighted by Gasteiger charge is -2.17. The molecule has 1 N–H and O–H groups in total. The van der Waals surface area contributed by atoms with E-state index in [9.17, 15) is 4.79 Å². The Kier molecular flexibility index (Phi) is 6.94. The fourth-order valence-corrected chi connectivity index (χ4v) is 2.29. The molecule has 0 aliphatic rings. The van der Waals surface area contributed by atoms with Gasteiger partial charge in [0.25, 0.3) is 5.91 Å². The maximum absolute atomic E-state index is 12.2. The van der Waals surface area contributed by atoms with Crippen molar-refractivity contribution in [3.63, 3.8) is 0 Å². The van der Waals surface area contributed by atoms with Gasteiger partial charge in [0.15, 0.2) is 6.10 Å². The normalized spacial score (nSPS) is 11.6. The van der Waals surface area contributed by atoms with Crippen LogP contribution in [-0.2, 0) is 4.79 Å².